The average Bonchev–Trinajstić information content (AvgIpc) is 3.02. The summed E-state index contributed by atoms with van der Waals surface area (Å²) < 4.78 is 0.604. The van der Waals surface area contributed by atoms with Crippen LogP contribution in [-0.4, -0.2) is 37.1 Å². The van der Waals surface area contributed by atoms with Crippen LogP contribution in [0, 0.1) is 0 Å². The summed E-state index contributed by atoms with van der Waals surface area (Å²) in [6, 6.07) is 43.2. The number of nitrogens with zero attached hydrogens (tertiary/aromatic N) is 4. The zero-order chi connectivity index (χ0) is 27.7. The van der Waals surface area contributed by atoms with Gasteiger partial charge in [0.25, 0.3) is 0 Å². The van der Waals surface area contributed by atoms with Gasteiger partial charge in [0, 0.05) is 23.7 Å². The van der Waals surface area contributed by atoms with Gasteiger partial charge in [-0.1, -0.05) is 129 Å². The summed E-state index contributed by atoms with van der Waals surface area (Å²) in [6.45, 7) is 0. The Morgan fingerprint density at radius 3 is 1.00 bits per heavy atom. The van der Waals surface area contributed by atoms with E-state index in [0.29, 0.717) is 16.1 Å². The standard InChI is InChI=1S/C16H13BN2O2.C16H11BrN2.CH4.H2/c20-17(21)16-18-14(12-7-3-1-4-8-12)11-15(19-16)13-9-5-2-6-10-13;17-16-18-14(12-7-3-1-4-8-12)11-15(19-16)13-9-5-2-6-10-13;;/h1-11,20-21H;1-11H;1H4;1H. The molecule has 0 saturated carbocycles. The molecule has 0 saturated heterocycles. The predicted octanol–water partition coefficient (Wildman–Crippen LogP) is 6.95. The minimum Gasteiger partial charge on any atom is -0.421 e. The lowest BCUT2D eigenvalue weighted by Crippen LogP contribution is -2.36. The van der Waals surface area contributed by atoms with Gasteiger partial charge >= 0.3 is 7.12 Å². The van der Waals surface area contributed by atoms with E-state index in [1.54, 1.807) is 0 Å². The maximum absolute atomic E-state index is 9.40. The molecule has 0 fully saturated rings. The van der Waals surface area contributed by atoms with E-state index in [1.165, 1.54) is 0 Å². The number of halogens is 1. The molecule has 41 heavy (non-hydrogen) atoms. The topological polar surface area (TPSA) is 92.0 Å². The molecule has 6 aromatic rings. The van der Waals surface area contributed by atoms with Crippen LogP contribution in [0.2, 0.25) is 0 Å². The van der Waals surface area contributed by atoms with E-state index in [9.17, 15) is 10.0 Å². The fraction of sp³-hybridized carbons (Fsp3) is 0.0303. The molecule has 6 nitrogen and oxygen atoms in total. The van der Waals surface area contributed by atoms with Gasteiger partial charge in [0.2, 0.25) is 0 Å². The number of hydrogen-bond acceptors (Lipinski definition) is 6. The van der Waals surface area contributed by atoms with Gasteiger partial charge in [-0.25, -0.2) is 19.9 Å². The maximum atomic E-state index is 9.40. The molecule has 204 valence electrons. The lowest BCUT2D eigenvalue weighted by molar-refractivity contribution is 0.422. The average molecular weight is 605 g/mol. The van der Waals surface area contributed by atoms with Crippen molar-refractivity contribution in [1.29, 1.82) is 0 Å². The summed E-state index contributed by atoms with van der Waals surface area (Å²) in [7, 11) is -1.70. The van der Waals surface area contributed by atoms with E-state index in [2.05, 4.69) is 35.9 Å². The Morgan fingerprint density at radius 1 is 0.463 bits per heavy atom. The highest BCUT2D eigenvalue weighted by Crippen LogP contribution is 2.25. The Balaban J connectivity index is 0.000000221. The Kier molecular flexibility index (Phi) is 10.2. The SMILES string of the molecule is Brc1nc(-c2ccccc2)cc(-c2ccccc2)n1.C.OB(O)c1nc(-c2ccccc2)cc(-c2ccccc2)n1.[HH]. The Bertz CT molecular complexity index is 1570. The highest BCUT2D eigenvalue weighted by atomic mass is 79.9. The van der Waals surface area contributed by atoms with Gasteiger partial charge < -0.3 is 10.0 Å². The van der Waals surface area contributed by atoms with Crippen molar-refractivity contribution in [2.75, 3.05) is 0 Å². The summed E-state index contributed by atoms with van der Waals surface area (Å²) in [5, 5.41) is 18.8. The molecule has 0 aliphatic heterocycles. The van der Waals surface area contributed by atoms with Crippen LogP contribution in [0.5, 0.6) is 0 Å². The lowest BCUT2D eigenvalue weighted by Gasteiger charge is -2.08. The van der Waals surface area contributed by atoms with Gasteiger partial charge in [-0.3, -0.25) is 0 Å². The third-order valence-corrected chi connectivity index (χ3v) is 6.31. The fourth-order valence-electron chi connectivity index (χ4n) is 4.03. The molecule has 0 unspecified atom stereocenters. The molecule has 4 aromatic carbocycles. The quantitative estimate of drug-likeness (QED) is 0.163. The van der Waals surface area contributed by atoms with Crippen LogP contribution in [0.15, 0.2) is 138 Å². The van der Waals surface area contributed by atoms with E-state index < -0.39 is 7.12 Å². The van der Waals surface area contributed by atoms with Gasteiger partial charge in [-0.15, -0.1) is 0 Å². The normalized spacial score (nSPS) is 10.1. The third kappa shape index (κ3) is 7.80. The van der Waals surface area contributed by atoms with Gasteiger partial charge in [-0.05, 0) is 28.1 Å². The Morgan fingerprint density at radius 2 is 0.732 bits per heavy atom. The van der Waals surface area contributed by atoms with E-state index in [0.717, 1.165) is 33.6 Å². The summed E-state index contributed by atoms with van der Waals surface area (Å²) in [5.41, 5.74) is 7.13. The lowest BCUT2D eigenvalue weighted by atomic mass is 9.90. The summed E-state index contributed by atoms with van der Waals surface area (Å²) in [4.78, 5) is 17.3. The van der Waals surface area contributed by atoms with E-state index in [-0.39, 0.29) is 14.6 Å². The minimum absolute atomic E-state index is 0. The number of benzene rings is 4. The van der Waals surface area contributed by atoms with E-state index in [1.807, 2.05) is 133 Å². The molecule has 6 rings (SSSR count). The van der Waals surface area contributed by atoms with Crippen molar-refractivity contribution < 1.29 is 11.5 Å². The number of rotatable bonds is 5. The summed E-state index contributed by atoms with van der Waals surface area (Å²) in [5.74, 6) is 0. The first-order chi connectivity index (χ1) is 19.6. The highest BCUT2D eigenvalue weighted by Gasteiger charge is 2.18. The van der Waals surface area contributed by atoms with Crippen molar-refractivity contribution in [2.24, 2.45) is 0 Å². The smallest absolute Gasteiger partial charge is 0.421 e. The molecule has 0 atom stereocenters. The number of aromatic nitrogens is 4. The van der Waals surface area contributed by atoms with Crippen LogP contribution >= 0.6 is 15.9 Å². The van der Waals surface area contributed by atoms with Gasteiger partial charge in [-0.2, -0.15) is 0 Å². The number of hydrogen-bond donors (Lipinski definition) is 2. The fourth-order valence-corrected chi connectivity index (χ4v) is 4.41. The molecular formula is C33H30BBrN4O2. The largest absolute Gasteiger partial charge is 0.528 e. The van der Waals surface area contributed by atoms with Crippen LogP contribution in [-0.2, 0) is 0 Å². The van der Waals surface area contributed by atoms with Crippen LogP contribution in [0.4, 0.5) is 0 Å². The van der Waals surface area contributed by atoms with Crippen LogP contribution < -0.4 is 5.72 Å². The van der Waals surface area contributed by atoms with Crippen LogP contribution in [0.25, 0.3) is 45.0 Å². The molecule has 0 bridgehead atoms. The van der Waals surface area contributed by atoms with Crippen LogP contribution in [0.1, 0.15) is 8.85 Å². The van der Waals surface area contributed by atoms with Crippen molar-refractivity contribution >= 4 is 28.8 Å². The third-order valence-electron chi connectivity index (χ3n) is 5.95. The monoisotopic (exact) mass is 604 g/mol. The highest BCUT2D eigenvalue weighted by molar-refractivity contribution is 9.10. The first kappa shape index (κ1) is 29.5. The van der Waals surface area contributed by atoms with Gasteiger partial charge in [0.05, 0.1) is 22.8 Å². The molecule has 8 heteroatoms. The van der Waals surface area contributed by atoms with Crippen molar-refractivity contribution in [1.82, 2.24) is 19.9 Å². The summed E-state index contributed by atoms with van der Waals surface area (Å²) >= 11 is 3.39. The van der Waals surface area contributed by atoms with E-state index >= 15 is 0 Å². The van der Waals surface area contributed by atoms with Gasteiger partial charge in [0.15, 0.2) is 10.5 Å². The summed E-state index contributed by atoms with van der Waals surface area (Å²) in [6.07, 6.45) is 0. The molecule has 2 heterocycles. The molecule has 0 aliphatic carbocycles. The Labute approximate surface area is 250 Å². The van der Waals surface area contributed by atoms with Crippen molar-refractivity contribution in [2.45, 2.75) is 7.43 Å². The molecule has 0 amide bonds. The second-order valence-electron chi connectivity index (χ2n) is 8.74. The first-order valence-electron chi connectivity index (χ1n) is 12.6. The van der Waals surface area contributed by atoms with Gasteiger partial charge in [0.1, 0.15) is 0 Å². The van der Waals surface area contributed by atoms with Crippen molar-refractivity contribution in [3.05, 3.63) is 138 Å². The molecular weight excluding hydrogens is 575 g/mol. The zero-order valence-electron chi connectivity index (χ0n) is 21.3. The molecule has 2 N–H and O–H groups in total. The minimum atomic E-state index is -1.70. The second kappa shape index (κ2) is 14.2. The first-order valence-corrected chi connectivity index (χ1v) is 13.4. The van der Waals surface area contributed by atoms with E-state index in [4.69, 9.17) is 0 Å². The van der Waals surface area contributed by atoms with Crippen molar-refractivity contribution in [3.63, 3.8) is 0 Å². The molecule has 0 spiro atoms. The molecule has 2 aromatic heterocycles. The van der Waals surface area contributed by atoms with Crippen molar-refractivity contribution in [3.8, 4) is 45.0 Å². The maximum Gasteiger partial charge on any atom is 0.528 e. The van der Waals surface area contributed by atoms with Crippen LogP contribution in [0.3, 0.4) is 0 Å². The Hall–Kier alpha value is -4.50. The molecule has 0 aliphatic rings. The second-order valence-corrected chi connectivity index (χ2v) is 9.45. The zero-order valence-corrected chi connectivity index (χ0v) is 22.9. The predicted molar refractivity (Wildman–Crippen MR) is 172 cm³/mol. The molecule has 0 radical (unpaired) electrons.